The molecule has 0 aliphatic rings. The molecular weight excluding hydrogens is 465 g/mol. The van der Waals surface area contributed by atoms with E-state index in [4.69, 9.17) is 11.6 Å². The minimum Gasteiger partial charge on any atom is -0.354 e. The Morgan fingerprint density at radius 2 is 2.00 bits per heavy atom. The number of amides is 1. The first-order chi connectivity index (χ1) is 12.1. The van der Waals surface area contributed by atoms with Crippen LogP contribution >= 0.6 is 35.6 Å². The molecule has 0 bridgehead atoms. The van der Waals surface area contributed by atoms with Gasteiger partial charge in [0.05, 0.1) is 5.56 Å². The SMILES string of the molecule is CN=C(NCCNC(=O)c1cccnc1)N(C)Cc1cccc(Cl)c1.I. The Bertz CT molecular complexity index is 727. The number of aliphatic imine (C=N–C) groups is 1. The van der Waals surface area contributed by atoms with E-state index in [1.807, 2.05) is 36.2 Å². The van der Waals surface area contributed by atoms with Crippen molar-refractivity contribution in [3.05, 3.63) is 64.9 Å². The van der Waals surface area contributed by atoms with Gasteiger partial charge in [-0.3, -0.25) is 14.8 Å². The minimum absolute atomic E-state index is 0. The smallest absolute Gasteiger partial charge is 0.252 e. The summed E-state index contributed by atoms with van der Waals surface area (Å²) in [4.78, 5) is 22.1. The fourth-order valence-corrected chi connectivity index (χ4v) is 2.53. The second-order valence-electron chi connectivity index (χ2n) is 5.46. The Kier molecular flexibility index (Phi) is 9.97. The fourth-order valence-electron chi connectivity index (χ4n) is 2.32. The number of rotatable bonds is 6. The van der Waals surface area contributed by atoms with Gasteiger partial charge in [-0.05, 0) is 29.8 Å². The summed E-state index contributed by atoms with van der Waals surface area (Å²) in [7, 11) is 3.68. The Morgan fingerprint density at radius 3 is 2.65 bits per heavy atom. The molecule has 0 radical (unpaired) electrons. The van der Waals surface area contributed by atoms with Crippen molar-refractivity contribution in [2.45, 2.75) is 6.54 Å². The van der Waals surface area contributed by atoms with Gasteiger partial charge in [-0.2, -0.15) is 0 Å². The highest BCUT2D eigenvalue weighted by Crippen LogP contribution is 2.12. The summed E-state index contributed by atoms with van der Waals surface area (Å²) in [6, 6.07) is 11.2. The first-order valence-electron chi connectivity index (χ1n) is 7.94. The van der Waals surface area contributed by atoms with Crippen LogP contribution in [0.3, 0.4) is 0 Å². The maximum Gasteiger partial charge on any atom is 0.252 e. The van der Waals surface area contributed by atoms with Crippen molar-refractivity contribution in [1.82, 2.24) is 20.5 Å². The zero-order chi connectivity index (χ0) is 18.1. The van der Waals surface area contributed by atoms with Crippen LogP contribution in [-0.4, -0.2) is 48.9 Å². The highest BCUT2D eigenvalue weighted by molar-refractivity contribution is 14.0. The van der Waals surface area contributed by atoms with Crippen LogP contribution in [-0.2, 0) is 6.54 Å². The highest BCUT2D eigenvalue weighted by atomic mass is 127. The topological polar surface area (TPSA) is 69.6 Å². The van der Waals surface area contributed by atoms with Crippen LogP contribution < -0.4 is 10.6 Å². The van der Waals surface area contributed by atoms with Crippen LogP contribution in [0.2, 0.25) is 5.02 Å². The van der Waals surface area contributed by atoms with E-state index < -0.39 is 0 Å². The first kappa shape index (κ1) is 22.2. The largest absolute Gasteiger partial charge is 0.354 e. The van der Waals surface area contributed by atoms with Crippen molar-refractivity contribution in [3.63, 3.8) is 0 Å². The quantitative estimate of drug-likeness (QED) is 0.285. The number of halogens is 2. The van der Waals surface area contributed by atoms with Crippen molar-refractivity contribution in [3.8, 4) is 0 Å². The van der Waals surface area contributed by atoms with Gasteiger partial charge in [0.2, 0.25) is 0 Å². The first-order valence-corrected chi connectivity index (χ1v) is 8.32. The normalized spacial score (nSPS) is 10.7. The lowest BCUT2D eigenvalue weighted by atomic mass is 10.2. The molecule has 0 spiro atoms. The third kappa shape index (κ3) is 7.17. The van der Waals surface area contributed by atoms with E-state index in [0.29, 0.717) is 30.2 Å². The number of guanidine groups is 1. The van der Waals surface area contributed by atoms with Gasteiger partial charge in [-0.15, -0.1) is 24.0 Å². The molecule has 1 heterocycles. The van der Waals surface area contributed by atoms with E-state index in [-0.39, 0.29) is 29.9 Å². The summed E-state index contributed by atoms with van der Waals surface area (Å²) in [5, 5.41) is 6.78. The average molecular weight is 488 g/mol. The van der Waals surface area contributed by atoms with Gasteiger partial charge in [-0.1, -0.05) is 23.7 Å². The third-order valence-corrected chi connectivity index (χ3v) is 3.73. The summed E-state index contributed by atoms with van der Waals surface area (Å²) < 4.78 is 0. The van der Waals surface area contributed by atoms with E-state index in [1.54, 1.807) is 31.6 Å². The molecule has 2 rings (SSSR count). The Balaban J connectivity index is 0.00000338. The van der Waals surface area contributed by atoms with E-state index in [9.17, 15) is 4.79 Å². The van der Waals surface area contributed by atoms with Gasteiger partial charge in [-0.25, -0.2) is 0 Å². The lowest BCUT2D eigenvalue weighted by molar-refractivity contribution is 0.0954. The Hall–Kier alpha value is -1.87. The maximum absolute atomic E-state index is 11.9. The van der Waals surface area contributed by atoms with Crippen molar-refractivity contribution in [1.29, 1.82) is 0 Å². The molecule has 2 N–H and O–H groups in total. The molecule has 8 heteroatoms. The van der Waals surface area contributed by atoms with E-state index in [1.165, 1.54) is 0 Å². The molecule has 1 aromatic heterocycles. The molecule has 0 unspecified atom stereocenters. The second-order valence-corrected chi connectivity index (χ2v) is 5.89. The van der Waals surface area contributed by atoms with Gasteiger partial charge < -0.3 is 15.5 Å². The number of nitrogens with one attached hydrogen (secondary N) is 2. The zero-order valence-electron chi connectivity index (χ0n) is 14.8. The third-order valence-electron chi connectivity index (χ3n) is 3.50. The van der Waals surface area contributed by atoms with Crippen LogP contribution in [0, 0.1) is 0 Å². The van der Waals surface area contributed by atoms with E-state index in [2.05, 4.69) is 20.6 Å². The number of carbonyl (C=O) groups excluding carboxylic acids is 1. The van der Waals surface area contributed by atoms with Crippen LogP contribution in [0.15, 0.2) is 53.8 Å². The van der Waals surface area contributed by atoms with Gasteiger partial charge in [0.25, 0.3) is 5.91 Å². The van der Waals surface area contributed by atoms with Crippen LogP contribution in [0.25, 0.3) is 0 Å². The summed E-state index contributed by atoms with van der Waals surface area (Å²) in [5.74, 6) is 0.604. The predicted octanol–water partition coefficient (Wildman–Crippen LogP) is 2.79. The van der Waals surface area contributed by atoms with Crippen molar-refractivity contribution >= 4 is 47.4 Å². The molecule has 0 saturated carbocycles. The zero-order valence-corrected chi connectivity index (χ0v) is 17.9. The molecule has 0 fully saturated rings. The van der Waals surface area contributed by atoms with Crippen molar-refractivity contribution < 1.29 is 4.79 Å². The minimum atomic E-state index is -0.142. The Labute approximate surface area is 176 Å². The van der Waals surface area contributed by atoms with Gasteiger partial charge in [0, 0.05) is 51.1 Å². The number of hydrogen-bond donors (Lipinski definition) is 2. The lowest BCUT2D eigenvalue weighted by Gasteiger charge is -2.22. The molecule has 1 aromatic carbocycles. The van der Waals surface area contributed by atoms with Crippen LogP contribution in [0.5, 0.6) is 0 Å². The summed E-state index contributed by atoms with van der Waals surface area (Å²) in [5.41, 5.74) is 1.65. The Morgan fingerprint density at radius 1 is 1.23 bits per heavy atom. The highest BCUT2D eigenvalue weighted by Gasteiger charge is 2.08. The summed E-state index contributed by atoms with van der Waals surface area (Å²) >= 11 is 6.02. The molecular formula is C18H23ClIN5O. The standard InChI is InChI=1S/C18H22ClN5O.HI/c1-20-18(24(2)13-14-5-3-7-16(19)11-14)23-10-9-22-17(25)15-6-4-8-21-12-15;/h3-8,11-12H,9-10,13H2,1-2H3,(H,20,23)(H,22,25);1H. The predicted molar refractivity (Wildman–Crippen MR) is 116 cm³/mol. The van der Waals surface area contributed by atoms with Crippen LogP contribution in [0.4, 0.5) is 0 Å². The fraction of sp³-hybridized carbons (Fsp3) is 0.278. The van der Waals surface area contributed by atoms with E-state index >= 15 is 0 Å². The molecule has 2 aromatic rings. The number of carbonyl (C=O) groups is 1. The van der Waals surface area contributed by atoms with Crippen molar-refractivity contribution in [2.24, 2.45) is 4.99 Å². The van der Waals surface area contributed by atoms with Crippen LogP contribution in [0.1, 0.15) is 15.9 Å². The number of pyridine rings is 1. The van der Waals surface area contributed by atoms with E-state index in [0.717, 1.165) is 11.5 Å². The molecule has 26 heavy (non-hydrogen) atoms. The monoisotopic (exact) mass is 487 g/mol. The summed E-state index contributed by atoms with van der Waals surface area (Å²) in [6.45, 7) is 1.73. The van der Waals surface area contributed by atoms with Gasteiger partial charge in [0.1, 0.15) is 0 Å². The number of nitrogens with zero attached hydrogens (tertiary/aromatic N) is 3. The second kappa shape index (κ2) is 11.7. The lowest BCUT2D eigenvalue weighted by Crippen LogP contribution is -2.42. The molecule has 0 atom stereocenters. The summed E-state index contributed by atoms with van der Waals surface area (Å²) in [6.07, 6.45) is 3.18. The van der Waals surface area contributed by atoms with Gasteiger partial charge >= 0.3 is 0 Å². The molecule has 0 aliphatic heterocycles. The molecule has 0 saturated heterocycles. The number of benzene rings is 1. The average Bonchev–Trinajstić information content (AvgIpc) is 2.62. The number of hydrogen-bond acceptors (Lipinski definition) is 3. The molecule has 6 nitrogen and oxygen atoms in total. The van der Waals surface area contributed by atoms with Crippen molar-refractivity contribution in [2.75, 3.05) is 27.2 Å². The number of aromatic nitrogens is 1. The van der Waals surface area contributed by atoms with Gasteiger partial charge in [0.15, 0.2) is 5.96 Å². The molecule has 140 valence electrons. The maximum atomic E-state index is 11.9. The molecule has 1 amide bonds. The molecule has 0 aliphatic carbocycles.